The molecule has 18 heavy (non-hydrogen) atoms. The topological polar surface area (TPSA) is 77.2 Å². The van der Waals surface area contributed by atoms with Crippen molar-refractivity contribution in [3.05, 3.63) is 38.8 Å². The molecule has 0 aliphatic rings. The van der Waals surface area contributed by atoms with Crippen LogP contribution in [0.1, 0.15) is 20.3 Å². The van der Waals surface area contributed by atoms with Crippen LogP contribution in [0.5, 0.6) is 0 Å². The van der Waals surface area contributed by atoms with E-state index in [9.17, 15) is 14.9 Å². The van der Waals surface area contributed by atoms with Crippen molar-refractivity contribution in [3.8, 4) is 0 Å². The number of nitro groups is 1. The minimum Gasteiger partial charge on any atom is -0.316 e. The zero-order valence-electron chi connectivity index (χ0n) is 10.8. The lowest BCUT2D eigenvalue weighted by atomic mass is 10.1. The van der Waals surface area contributed by atoms with Crippen LogP contribution in [0.15, 0.2) is 23.1 Å². The van der Waals surface area contributed by atoms with Crippen molar-refractivity contribution in [2.24, 2.45) is 5.92 Å². The van der Waals surface area contributed by atoms with E-state index in [-0.39, 0.29) is 11.6 Å². The molecule has 100 valence electrons. The number of hydrogen-bond acceptors (Lipinski definition) is 4. The van der Waals surface area contributed by atoms with Crippen LogP contribution in [-0.2, 0) is 6.54 Å². The molecule has 0 saturated carbocycles. The van der Waals surface area contributed by atoms with Crippen LogP contribution in [0.25, 0.3) is 0 Å². The highest BCUT2D eigenvalue weighted by atomic mass is 16.6. The summed E-state index contributed by atoms with van der Waals surface area (Å²) >= 11 is 0. The van der Waals surface area contributed by atoms with E-state index in [2.05, 4.69) is 12.2 Å². The third-order valence-corrected chi connectivity index (χ3v) is 2.62. The monoisotopic (exact) mass is 253 g/mol. The Morgan fingerprint density at radius 2 is 2.28 bits per heavy atom. The molecule has 1 rings (SSSR count). The van der Waals surface area contributed by atoms with Crippen molar-refractivity contribution in [1.82, 2.24) is 9.88 Å². The molecular weight excluding hydrogens is 234 g/mol. The van der Waals surface area contributed by atoms with Gasteiger partial charge in [-0.3, -0.25) is 14.9 Å². The van der Waals surface area contributed by atoms with Gasteiger partial charge in [0.2, 0.25) is 0 Å². The van der Waals surface area contributed by atoms with Crippen molar-refractivity contribution in [2.45, 2.75) is 26.8 Å². The lowest BCUT2D eigenvalue weighted by Crippen LogP contribution is -2.29. The van der Waals surface area contributed by atoms with E-state index < -0.39 is 10.5 Å². The van der Waals surface area contributed by atoms with Crippen LogP contribution in [0.2, 0.25) is 0 Å². The zero-order valence-corrected chi connectivity index (χ0v) is 10.8. The van der Waals surface area contributed by atoms with E-state index in [4.69, 9.17) is 0 Å². The van der Waals surface area contributed by atoms with Crippen LogP contribution in [-0.4, -0.2) is 22.6 Å². The molecular formula is C12H19N3O3. The van der Waals surface area contributed by atoms with Crippen LogP contribution in [0, 0.1) is 16.0 Å². The Kier molecular flexibility index (Phi) is 5.51. The molecule has 1 N–H and O–H groups in total. The van der Waals surface area contributed by atoms with Gasteiger partial charge in [-0.05, 0) is 31.5 Å². The van der Waals surface area contributed by atoms with E-state index in [1.165, 1.54) is 16.7 Å². The molecule has 0 aliphatic carbocycles. The molecule has 0 bridgehead atoms. The van der Waals surface area contributed by atoms with Gasteiger partial charge >= 0.3 is 11.2 Å². The Morgan fingerprint density at radius 1 is 1.56 bits per heavy atom. The summed E-state index contributed by atoms with van der Waals surface area (Å²) < 4.78 is 1.40. The van der Waals surface area contributed by atoms with Crippen molar-refractivity contribution in [2.75, 3.05) is 13.1 Å². The van der Waals surface area contributed by atoms with Crippen molar-refractivity contribution in [3.63, 3.8) is 0 Å². The number of rotatable bonds is 7. The molecule has 0 aromatic carbocycles. The predicted octanol–water partition coefficient (Wildman–Crippen LogP) is 1.39. The van der Waals surface area contributed by atoms with Crippen LogP contribution in [0.3, 0.4) is 0 Å². The number of hydrogen-bond donors (Lipinski definition) is 1. The summed E-state index contributed by atoms with van der Waals surface area (Å²) in [5, 5.41) is 13.9. The Bertz CT molecular complexity index is 456. The van der Waals surface area contributed by atoms with Gasteiger partial charge in [-0.1, -0.05) is 13.8 Å². The van der Waals surface area contributed by atoms with Gasteiger partial charge in [-0.25, -0.2) is 0 Å². The minimum atomic E-state index is -0.640. The fourth-order valence-corrected chi connectivity index (χ4v) is 1.73. The normalized spacial score (nSPS) is 12.3. The fraction of sp³-hybridized carbons (Fsp3) is 0.583. The summed E-state index contributed by atoms with van der Waals surface area (Å²) in [5.41, 5.74) is -0.906. The lowest BCUT2D eigenvalue weighted by Gasteiger charge is -2.13. The average molecular weight is 253 g/mol. The Balaban J connectivity index is 2.70. The van der Waals surface area contributed by atoms with Crippen LogP contribution >= 0.6 is 0 Å². The van der Waals surface area contributed by atoms with Crippen molar-refractivity contribution in [1.29, 1.82) is 0 Å². The zero-order chi connectivity index (χ0) is 13.5. The maximum absolute atomic E-state index is 11.8. The second-order valence-electron chi connectivity index (χ2n) is 4.42. The van der Waals surface area contributed by atoms with Gasteiger partial charge < -0.3 is 9.88 Å². The molecule has 0 spiro atoms. The Morgan fingerprint density at radius 3 is 2.89 bits per heavy atom. The SMILES string of the molecule is CCCNCC(C)Cn1cccc([N+](=O)[O-])c1=O. The van der Waals surface area contributed by atoms with E-state index in [1.807, 2.05) is 6.92 Å². The molecule has 0 fully saturated rings. The third-order valence-electron chi connectivity index (χ3n) is 2.62. The number of pyridine rings is 1. The van der Waals surface area contributed by atoms with Gasteiger partial charge in [0.15, 0.2) is 0 Å². The highest BCUT2D eigenvalue weighted by Gasteiger charge is 2.14. The van der Waals surface area contributed by atoms with E-state index in [0.717, 1.165) is 19.5 Å². The standard InChI is InChI=1S/C12H19N3O3/c1-3-6-13-8-10(2)9-14-7-4-5-11(12(14)16)15(17)18/h4-5,7,10,13H,3,6,8-9H2,1-2H3. The Labute approximate surface area is 106 Å². The van der Waals surface area contributed by atoms with Crippen LogP contribution < -0.4 is 10.9 Å². The summed E-state index contributed by atoms with van der Waals surface area (Å²) in [6.07, 6.45) is 2.65. The first-order chi connectivity index (χ1) is 8.56. The van der Waals surface area contributed by atoms with Gasteiger partial charge in [-0.2, -0.15) is 0 Å². The predicted molar refractivity (Wildman–Crippen MR) is 69.7 cm³/mol. The van der Waals surface area contributed by atoms with Gasteiger partial charge in [0, 0.05) is 18.8 Å². The molecule has 1 atom stereocenters. The quantitative estimate of drug-likeness (QED) is 0.452. The number of nitrogens with one attached hydrogen (secondary N) is 1. The van der Waals surface area contributed by atoms with E-state index >= 15 is 0 Å². The second-order valence-corrected chi connectivity index (χ2v) is 4.42. The van der Waals surface area contributed by atoms with Gasteiger partial charge in [-0.15, -0.1) is 0 Å². The van der Waals surface area contributed by atoms with Gasteiger partial charge in [0.25, 0.3) is 0 Å². The van der Waals surface area contributed by atoms with Crippen molar-refractivity contribution >= 4 is 5.69 Å². The molecule has 0 saturated heterocycles. The highest BCUT2D eigenvalue weighted by molar-refractivity contribution is 5.25. The van der Waals surface area contributed by atoms with Gasteiger partial charge in [0.1, 0.15) is 0 Å². The van der Waals surface area contributed by atoms with E-state index in [0.29, 0.717) is 6.54 Å². The summed E-state index contributed by atoms with van der Waals surface area (Å²) in [6.45, 7) is 6.31. The maximum Gasteiger partial charge on any atom is 0.334 e. The first-order valence-electron chi connectivity index (χ1n) is 6.10. The molecule has 1 aromatic rings. The molecule has 0 aliphatic heterocycles. The molecule has 1 heterocycles. The van der Waals surface area contributed by atoms with E-state index in [1.54, 1.807) is 6.20 Å². The first-order valence-corrected chi connectivity index (χ1v) is 6.10. The van der Waals surface area contributed by atoms with Crippen molar-refractivity contribution < 1.29 is 4.92 Å². The second kappa shape index (κ2) is 6.90. The molecule has 0 radical (unpaired) electrons. The smallest absolute Gasteiger partial charge is 0.316 e. The summed E-state index contributed by atoms with van der Waals surface area (Å²) in [6, 6.07) is 2.77. The fourth-order valence-electron chi connectivity index (χ4n) is 1.73. The minimum absolute atomic E-state index is 0.247. The first kappa shape index (κ1) is 14.4. The average Bonchev–Trinajstić information content (AvgIpc) is 2.32. The van der Waals surface area contributed by atoms with Gasteiger partial charge in [0.05, 0.1) is 4.92 Å². The highest BCUT2D eigenvalue weighted by Crippen LogP contribution is 2.04. The molecule has 6 nitrogen and oxygen atoms in total. The number of nitrogens with zero attached hydrogens (tertiary/aromatic N) is 2. The molecule has 0 amide bonds. The molecule has 1 aromatic heterocycles. The summed E-state index contributed by atoms with van der Waals surface area (Å²) in [7, 11) is 0. The summed E-state index contributed by atoms with van der Waals surface area (Å²) in [4.78, 5) is 21.8. The molecule has 1 unspecified atom stereocenters. The maximum atomic E-state index is 11.8. The summed E-state index contributed by atoms with van der Waals surface area (Å²) in [5.74, 6) is 0.247. The third kappa shape index (κ3) is 3.96. The van der Waals surface area contributed by atoms with Crippen LogP contribution in [0.4, 0.5) is 5.69 Å². The largest absolute Gasteiger partial charge is 0.334 e. The molecule has 6 heteroatoms. The lowest BCUT2D eigenvalue weighted by molar-refractivity contribution is -0.386. The Hall–Kier alpha value is -1.69. The number of aromatic nitrogens is 1.